The first-order chi connectivity index (χ1) is 6.12. The third-order valence-electron chi connectivity index (χ3n) is 1.90. The number of hydrogen-bond acceptors (Lipinski definition) is 3. The van der Waals surface area contributed by atoms with Crippen molar-refractivity contribution >= 4 is 0 Å². The molecule has 79 valence electrons. The van der Waals surface area contributed by atoms with Gasteiger partial charge in [-0.05, 0) is 33.6 Å². The molecule has 13 heavy (non-hydrogen) atoms. The van der Waals surface area contributed by atoms with Gasteiger partial charge >= 0.3 is 0 Å². The molecule has 0 unspecified atom stereocenters. The van der Waals surface area contributed by atoms with Gasteiger partial charge in [0.05, 0.1) is 0 Å². The van der Waals surface area contributed by atoms with Crippen molar-refractivity contribution in [1.29, 1.82) is 0 Å². The van der Waals surface area contributed by atoms with E-state index in [1.54, 1.807) is 0 Å². The maximum atomic E-state index is 5.93. The summed E-state index contributed by atoms with van der Waals surface area (Å²) in [6.07, 6.45) is 1.57. The van der Waals surface area contributed by atoms with E-state index in [1.165, 1.54) is 0 Å². The number of hydrogen-bond donors (Lipinski definition) is 1. The van der Waals surface area contributed by atoms with E-state index in [0.29, 0.717) is 13.2 Å². The number of rotatable bonds is 8. The predicted octanol–water partition coefficient (Wildman–Crippen LogP) is 1.37. The minimum absolute atomic E-state index is 0.398. The van der Waals surface area contributed by atoms with Crippen LogP contribution >= 0.6 is 0 Å². The molecule has 2 N–H and O–H groups in total. The molecular weight excluding hydrogens is 166 g/mol. The van der Waals surface area contributed by atoms with E-state index in [-0.39, 0.29) is 0 Å². The lowest BCUT2D eigenvalue weighted by atomic mass is 9.96. The third kappa shape index (κ3) is 8.22. The summed E-state index contributed by atoms with van der Waals surface area (Å²) in [7, 11) is 0. The van der Waals surface area contributed by atoms with Crippen LogP contribution in [0, 0.1) is 6.92 Å². The lowest BCUT2D eigenvalue weighted by molar-refractivity contribution is 0.107. The highest BCUT2D eigenvalue weighted by molar-refractivity contribution is 4.86. The van der Waals surface area contributed by atoms with Crippen LogP contribution in [-0.4, -0.2) is 32.0 Å². The Bertz CT molecular complexity index is 103. The van der Waals surface area contributed by atoms with Crippen molar-refractivity contribution in [2.75, 3.05) is 26.4 Å². The van der Waals surface area contributed by atoms with Crippen LogP contribution in [0.25, 0.3) is 0 Å². The van der Waals surface area contributed by atoms with Crippen LogP contribution in [0.15, 0.2) is 0 Å². The van der Waals surface area contributed by atoms with Crippen molar-refractivity contribution < 1.29 is 9.47 Å². The molecule has 0 fully saturated rings. The molecule has 0 aliphatic heterocycles. The van der Waals surface area contributed by atoms with E-state index in [9.17, 15) is 0 Å². The molecule has 0 aliphatic carbocycles. The Morgan fingerprint density at radius 2 is 1.46 bits per heavy atom. The van der Waals surface area contributed by atoms with Crippen LogP contribution in [0.4, 0.5) is 0 Å². The Morgan fingerprint density at radius 1 is 1.08 bits per heavy atom. The van der Waals surface area contributed by atoms with Gasteiger partial charge in [-0.1, -0.05) is 0 Å². The van der Waals surface area contributed by atoms with Gasteiger partial charge in [-0.2, -0.15) is 0 Å². The Balaban J connectivity index is 3.42. The maximum Gasteiger partial charge on any atom is 0.0483 e. The Hall–Kier alpha value is -0.120. The van der Waals surface area contributed by atoms with E-state index in [4.69, 9.17) is 15.2 Å². The normalized spacial score (nSPS) is 12.0. The largest absolute Gasteiger partial charge is 0.382 e. The summed E-state index contributed by atoms with van der Waals surface area (Å²) in [5.41, 5.74) is 5.53. The number of nitrogens with two attached hydrogens (primary N) is 1. The van der Waals surface area contributed by atoms with Crippen molar-refractivity contribution in [2.24, 2.45) is 5.73 Å². The van der Waals surface area contributed by atoms with Crippen LogP contribution in [0.1, 0.15) is 26.7 Å². The molecule has 0 rings (SSSR count). The quantitative estimate of drug-likeness (QED) is 0.585. The molecule has 0 bridgehead atoms. The molecule has 0 amide bonds. The van der Waals surface area contributed by atoms with Crippen LogP contribution in [0.2, 0.25) is 0 Å². The molecule has 0 saturated heterocycles. The molecule has 0 aromatic carbocycles. The zero-order valence-electron chi connectivity index (χ0n) is 8.84. The van der Waals surface area contributed by atoms with Gasteiger partial charge in [0.25, 0.3) is 0 Å². The smallest absolute Gasteiger partial charge is 0.0483 e. The first kappa shape index (κ1) is 12.9. The highest BCUT2D eigenvalue weighted by Crippen LogP contribution is 2.10. The molecular formula is C10H22NO2. The van der Waals surface area contributed by atoms with Gasteiger partial charge in [-0.25, -0.2) is 0 Å². The van der Waals surface area contributed by atoms with Crippen molar-refractivity contribution in [3.63, 3.8) is 0 Å². The predicted molar refractivity (Wildman–Crippen MR) is 54.5 cm³/mol. The summed E-state index contributed by atoms with van der Waals surface area (Å²) < 4.78 is 10.4. The van der Waals surface area contributed by atoms with E-state index < -0.39 is 5.54 Å². The Morgan fingerprint density at radius 3 is 1.77 bits per heavy atom. The monoisotopic (exact) mass is 188 g/mol. The summed E-state index contributed by atoms with van der Waals surface area (Å²) in [5.74, 6) is 0. The Labute approximate surface area is 81.6 Å². The second kappa shape index (κ2) is 7.30. The van der Waals surface area contributed by atoms with Crippen molar-refractivity contribution in [2.45, 2.75) is 32.2 Å². The van der Waals surface area contributed by atoms with Crippen molar-refractivity contribution in [3.05, 3.63) is 6.92 Å². The van der Waals surface area contributed by atoms with Crippen molar-refractivity contribution in [3.8, 4) is 0 Å². The molecule has 1 radical (unpaired) electrons. The second-order valence-corrected chi connectivity index (χ2v) is 3.26. The third-order valence-corrected chi connectivity index (χ3v) is 1.90. The van der Waals surface area contributed by atoms with E-state index >= 15 is 0 Å². The van der Waals surface area contributed by atoms with Gasteiger partial charge in [-0.3, -0.25) is 0 Å². The average molecular weight is 188 g/mol. The van der Waals surface area contributed by atoms with Crippen LogP contribution < -0.4 is 5.73 Å². The average Bonchev–Trinajstić information content (AvgIpc) is 2.05. The standard InChI is InChI=1S/C10H22NO2/c1-4-12-8-6-10(3,11)7-9-13-5-2/h3-9,11H2,1-2H3. The highest BCUT2D eigenvalue weighted by Gasteiger charge is 2.17. The topological polar surface area (TPSA) is 44.5 Å². The van der Waals surface area contributed by atoms with Crippen LogP contribution in [0.3, 0.4) is 0 Å². The summed E-state index contributed by atoms with van der Waals surface area (Å²) >= 11 is 0. The number of ether oxygens (including phenoxy) is 2. The molecule has 0 saturated carbocycles. The molecule has 3 nitrogen and oxygen atoms in total. The van der Waals surface area contributed by atoms with Gasteiger partial charge in [0, 0.05) is 32.0 Å². The van der Waals surface area contributed by atoms with Gasteiger partial charge in [0.15, 0.2) is 0 Å². The summed E-state index contributed by atoms with van der Waals surface area (Å²) in [6, 6.07) is 0. The van der Waals surface area contributed by atoms with Crippen LogP contribution in [-0.2, 0) is 9.47 Å². The van der Waals surface area contributed by atoms with Gasteiger partial charge in [-0.15, -0.1) is 0 Å². The van der Waals surface area contributed by atoms with Gasteiger partial charge < -0.3 is 15.2 Å². The van der Waals surface area contributed by atoms with E-state index in [1.807, 2.05) is 13.8 Å². The molecule has 0 aromatic heterocycles. The fourth-order valence-electron chi connectivity index (χ4n) is 0.965. The summed E-state index contributed by atoms with van der Waals surface area (Å²) in [4.78, 5) is 0. The summed E-state index contributed by atoms with van der Waals surface area (Å²) in [5, 5.41) is 0. The fourth-order valence-corrected chi connectivity index (χ4v) is 0.965. The Kier molecular flexibility index (Phi) is 7.23. The zero-order chi connectivity index (χ0) is 10.2. The zero-order valence-corrected chi connectivity index (χ0v) is 8.84. The minimum atomic E-state index is -0.398. The first-order valence-corrected chi connectivity index (χ1v) is 4.92. The van der Waals surface area contributed by atoms with Crippen LogP contribution in [0.5, 0.6) is 0 Å². The molecule has 0 atom stereocenters. The lowest BCUT2D eigenvalue weighted by Crippen LogP contribution is -2.39. The van der Waals surface area contributed by atoms with Gasteiger partial charge in [0.1, 0.15) is 0 Å². The van der Waals surface area contributed by atoms with E-state index in [2.05, 4.69) is 6.92 Å². The molecule has 0 aromatic rings. The SMILES string of the molecule is [CH2]C(N)(CCOCC)CCOCC. The molecule has 3 heteroatoms. The fraction of sp³-hybridized carbons (Fsp3) is 0.900. The summed E-state index contributed by atoms with van der Waals surface area (Å²) in [6.45, 7) is 10.7. The molecule has 0 heterocycles. The maximum absolute atomic E-state index is 5.93. The first-order valence-electron chi connectivity index (χ1n) is 4.92. The highest BCUT2D eigenvalue weighted by atomic mass is 16.5. The van der Waals surface area contributed by atoms with E-state index in [0.717, 1.165) is 26.1 Å². The molecule has 0 aliphatic rings. The lowest BCUT2D eigenvalue weighted by Gasteiger charge is -2.23. The van der Waals surface area contributed by atoms with Crippen molar-refractivity contribution in [1.82, 2.24) is 0 Å². The molecule has 0 spiro atoms. The second-order valence-electron chi connectivity index (χ2n) is 3.26. The minimum Gasteiger partial charge on any atom is -0.382 e. The van der Waals surface area contributed by atoms with Gasteiger partial charge in [0.2, 0.25) is 0 Å².